The van der Waals surface area contributed by atoms with Crippen molar-refractivity contribution in [1.82, 2.24) is 4.90 Å². The zero-order valence-electron chi connectivity index (χ0n) is 10.4. The van der Waals surface area contributed by atoms with E-state index in [1.54, 1.807) is 0 Å². The van der Waals surface area contributed by atoms with Gasteiger partial charge in [0.05, 0.1) is 0 Å². The van der Waals surface area contributed by atoms with Crippen molar-refractivity contribution in [3.8, 4) is 0 Å². The molecule has 0 aromatic heterocycles. The van der Waals surface area contributed by atoms with E-state index in [0.717, 1.165) is 0 Å². The Hall–Kier alpha value is -0.0800. The van der Waals surface area contributed by atoms with Gasteiger partial charge in [0.15, 0.2) is 0 Å². The fraction of sp³-hybridized carbons (Fsp3) is 1.00. The molecule has 1 rings (SSSR count). The summed E-state index contributed by atoms with van der Waals surface area (Å²) < 4.78 is 0. The molecule has 2 heteroatoms. The first kappa shape index (κ1) is 12.0. The summed E-state index contributed by atoms with van der Waals surface area (Å²) in [4.78, 5) is 2.44. The molecule has 1 aliphatic carbocycles. The molecular formula is C12H26N2. The SMILES string of the molecule is CC(C)N(C)C1CCCC(C)(C)C1N. The molecular weight excluding hydrogens is 172 g/mol. The van der Waals surface area contributed by atoms with Gasteiger partial charge in [-0.25, -0.2) is 0 Å². The van der Waals surface area contributed by atoms with E-state index in [9.17, 15) is 0 Å². The summed E-state index contributed by atoms with van der Waals surface area (Å²) in [6.45, 7) is 9.10. The molecule has 0 aromatic rings. The Morgan fingerprint density at radius 3 is 2.43 bits per heavy atom. The summed E-state index contributed by atoms with van der Waals surface area (Å²) in [5, 5.41) is 0. The maximum atomic E-state index is 6.35. The second-order valence-electron chi connectivity index (χ2n) is 5.73. The predicted octanol–water partition coefficient (Wildman–Crippen LogP) is 2.23. The van der Waals surface area contributed by atoms with Gasteiger partial charge in [0.1, 0.15) is 0 Å². The molecule has 0 spiro atoms. The lowest BCUT2D eigenvalue weighted by Gasteiger charge is -2.46. The third-order valence-corrected chi connectivity index (χ3v) is 3.98. The van der Waals surface area contributed by atoms with Gasteiger partial charge in [0.25, 0.3) is 0 Å². The van der Waals surface area contributed by atoms with Gasteiger partial charge in [-0.05, 0) is 39.2 Å². The standard InChI is InChI=1S/C12H26N2/c1-9(2)14(5)10-7-6-8-12(3,4)11(10)13/h9-11H,6-8,13H2,1-5H3. The van der Waals surface area contributed by atoms with Crippen LogP contribution < -0.4 is 5.73 Å². The summed E-state index contributed by atoms with van der Waals surface area (Å²) >= 11 is 0. The largest absolute Gasteiger partial charge is 0.326 e. The first-order valence-corrected chi connectivity index (χ1v) is 5.84. The van der Waals surface area contributed by atoms with Gasteiger partial charge >= 0.3 is 0 Å². The predicted molar refractivity (Wildman–Crippen MR) is 62.3 cm³/mol. The lowest BCUT2D eigenvalue weighted by Crippen LogP contribution is -2.57. The second-order valence-corrected chi connectivity index (χ2v) is 5.73. The first-order chi connectivity index (χ1) is 6.36. The van der Waals surface area contributed by atoms with Crippen LogP contribution in [0.2, 0.25) is 0 Å². The molecule has 0 radical (unpaired) electrons. The Kier molecular flexibility index (Phi) is 3.59. The normalized spacial score (nSPS) is 32.6. The average molecular weight is 198 g/mol. The van der Waals surface area contributed by atoms with Gasteiger partial charge in [0, 0.05) is 18.1 Å². The number of nitrogens with zero attached hydrogens (tertiary/aromatic N) is 1. The Morgan fingerprint density at radius 1 is 1.36 bits per heavy atom. The molecule has 2 atom stereocenters. The highest BCUT2D eigenvalue weighted by Crippen LogP contribution is 2.36. The van der Waals surface area contributed by atoms with Gasteiger partial charge in [-0.2, -0.15) is 0 Å². The highest BCUT2D eigenvalue weighted by molar-refractivity contribution is 4.96. The molecule has 0 aromatic carbocycles. The second kappa shape index (κ2) is 4.19. The molecule has 0 aliphatic heterocycles. The van der Waals surface area contributed by atoms with Crippen molar-refractivity contribution >= 4 is 0 Å². The molecule has 1 saturated carbocycles. The van der Waals surface area contributed by atoms with Crippen LogP contribution in [0.1, 0.15) is 47.0 Å². The van der Waals surface area contributed by atoms with Crippen LogP contribution in [0.5, 0.6) is 0 Å². The smallest absolute Gasteiger partial charge is 0.0252 e. The van der Waals surface area contributed by atoms with E-state index in [1.807, 2.05) is 0 Å². The Morgan fingerprint density at radius 2 is 1.93 bits per heavy atom. The lowest BCUT2D eigenvalue weighted by molar-refractivity contribution is 0.0671. The maximum Gasteiger partial charge on any atom is 0.0252 e. The highest BCUT2D eigenvalue weighted by atomic mass is 15.2. The summed E-state index contributed by atoms with van der Waals surface area (Å²) in [7, 11) is 2.20. The molecule has 14 heavy (non-hydrogen) atoms. The maximum absolute atomic E-state index is 6.35. The van der Waals surface area contributed by atoms with Crippen molar-refractivity contribution in [2.45, 2.75) is 65.1 Å². The van der Waals surface area contributed by atoms with Crippen LogP contribution in [0.4, 0.5) is 0 Å². The number of likely N-dealkylation sites (N-methyl/N-ethyl adjacent to an activating group) is 1. The fourth-order valence-electron chi connectivity index (χ4n) is 2.47. The van der Waals surface area contributed by atoms with Gasteiger partial charge in [-0.1, -0.05) is 20.3 Å². The summed E-state index contributed by atoms with van der Waals surface area (Å²) in [5.74, 6) is 0. The number of nitrogens with two attached hydrogens (primary N) is 1. The molecule has 1 fully saturated rings. The van der Waals surface area contributed by atoms with Crippen LogP contribution in [-0.4, -0.2) is 30.1 Å². The topological polar surface area (TPSA) is 29.3 Å². The Bertz CT molecular complexity index is 187. The van der Waals surface area contributed by atoms with Crippen LogP contribution in [0.25, 0.3) is 0 Å². The van der Waals surface area contributed by atoms with Gasteiger partial charge in [-0.15, -0.1) is 0 Å². The number of rotatable bonds is 2. The van der Waals surface area contributed by atoms with E-state index in [1.165, 1.54) is 19.3 Å². The summed E-state index contributed by atoms with van der Waals surface area (Å²) in [6, 6.07) is 1.49. The molecule has 84 valence electrons. The van der Waals surface area contributed by atoms with Crippen molar-refractivity contribution in [2.24, 2.45) is 11.1 Å². The van der Waals surface area contributed by atoms with Crippen molar-refractivity contribution < 1.29 is 0 Å². The monoisotopic (exact) mass is 198 g/mol. The third-order valence-electron chi connectivity index (χ3n) is 3.98. The summed E-state index contributed by atoms with van der Waals surface area (Å²) in [5.41, 5.74) is 6.67. The van der Waals surface area contributed by atoms with Crippen LogP contribution in [0.3, 0.4) is 0 Å². The average Bonchev–Trinajstić information content (AvgIpc) is 2.08. The number of hydrogen-bond donors (Lipinski definition) is 1. The van der Waals surface area contributed by atoms with Crippen molar-refractivity contribution in [3.05, 3.63) is 0 Å². The van der Waals surface area contributed by atoms with Crippen molar-refractivity contribution in [1.29, 1.82) is 0 Å². The van der Waals surface area contributed by atoms with Crippen molar-refractivity contribution in [2.75, 3.05) is 7.05 Å². The van der Waals surface area contributed by atoms with Crippen LogP contribution in [0.15, 0.2) is 0 Å². The molecule has 0 saturated heterocycles. The minimum Gasteiger partial charge on any atom is -0.326 e. The van der Waals surface area contributed by atoms with E-state index in [2.05, 4.69) is 39.6 Å². The molecule has 1 aliphatic rings. The quantitative estimate of drug-likeness (QED) is 0.737. The van der Waals surface area contributed by atoms with E-state index < -0.39 is 0 Å². The zero-order valence-corrected chi connectivity index (χ0v) is 10.4. The minimum atomic E-state index is 0.312. The van der Waals surface area contributed by atoms with E-state index >= 15 is 0 Å². The van der Waals surface area contributed by atoms with Gasteiger partial charge < -0.3 is 5.73 Å². The first-order valence-electron chi connectivity index (χ1n) is 5.84. The van der Waals surface area contributed by atoms with Gasteiger partial charge in [0.2, 0.25) is 0 Å². The van der Waals surface area contributed by atoms with E-state index in [0.29, 0.717) is 23.5 Å². The molecule has 0 bridgehead atoms. The van der Waals surface area contributed by atoms with Gasteiger partial charge in [-0.3, -0.25) is 4.90 Å². The summed E-state index contributed by atoms with van der Waals surface area (Å²) in [6.07, 6.45) is 3.86. The van der Waals surface area contributed by atoms with E-state index in [-0.39, 0.29) is 0 Å². The molecule has 2 unspecified atom stereocenters. The third kappa shape index (κ3) is 2.29. The molecule has 0 heterocycles. The lowest BCUT2D eigenvalue weighted by atomic mass is 9.70. The van der Waals surface area contributed by atoms with Crippen LogP contribution >= 0.6 is 0 Å². The fourth-order valence-corrected chi connectivity index (χ4v) is 2.47. The Balaban J connectivity index is 2.70. The van der Waals surface area contributed by atoms with Crippen molar-refractivity contribution in [3.63, 3.8) is 0 Å². The minimum absolute atomic E-state index is 0.312. The molecule has 0 amide bonds. The molecule has 2 nitrogen and oxygen atoms in total. The van der Waals surface area contributed by atoms with Crippen LogP contribution in [-0.2, 0) is 0 Å². The zero-order chi connectivity index (χ0) is 10.9. The highest BCUT2D eigenvalue weighted by Gasteiger charge is 2.38. The van der Waals surface area contributed by atoms with E-state index in [4.69, 9.17) is 5.73 Å². The Labute approximate surface area is 88.8 Å². The molecule has 2 N–H and O–H groups in total. The van der Waals surface area contributed by atoms with Crippen LogP contribution in [0, 0.1) is 5.41 Å². The number of hydrogen-bond acceptors (Lipinski definition) is 2.